The molecule has 0 unspecified atom stereocenters. The summed E-state index contributed by atoms with van der Waals surface area (Å²) in [5, 5.41) is 0. The largest absolute Gasteiger partial charge is 0.342 e. The van der Waals surface area contributed by atoms with Gasteiger partial charge < -0.3 is 4.90 Å². The minimum absolute atomic E-state index is 0.210. The van der Waals surface area contributed by atoms with Gasteiger partial charge >= 0.3 is 0 Å². The van der Waals surface area contributed by atoms with Crippen molar-refractivity contribution in [1.82, 2.24) is 4.90 Å². The molecule has 0 N–H and O–H groups in total. The first-order valence-corrected chi connectivity index (χ1v) is 10.2. The Morgan fingerprint density at radius 3 is 1.76 bits per heavy atom. The fraction of sp³-hybridized carbons (Fsp3) is 0.909. The molecule has 25 heavy (non-hydrogen) atoms. The average Bonchev–Trinajstić information content (AvgIpc) is 2.52. The molecule has 2 fully saturated rings. The highest BCUT2D eigenvalue weighted by molar-refractivity contribution is 5.89. The summed E-state index contributed by atoms with van der Waals surface area (Å²) in [6.07, 6.45) is 6.05. The Hall–Kier alpha value is -0.860. The molecule has 0 radical (unpaired) electrons. The predicted molar refractivity (Wildman–Crippen MR) is 103 cm³/mol. The number of ketones is 1. The number of carbonyl (C=O) groups excluding carboxylic acids is 2. The minimum atomic E-state index is -0.299. The van der Waals surface area contributed by atoms with Crippen molar-refractivity contribution in [3.8, 4) is 0 Å². The first-order valence-electron chi connectivity index (χ1n) is 10.2. The standard InChI is InChI=1S/C22H39NO2/c1-20(2,3)17-10-8-16(9-11-17)18(24)23-14-12-22(7,13-15-23)19(25)21(4,5)6/h16-17H,8-15H2,1-7H3. The summed E-state index contributed by atoms with van der Waals surface area (Å²) in [7, 11) is 0. The number of Topliss-reactive ketones (excluding diaryl/α,β-unsaturated/α-hetero) is 1. The highest BCUT2D eigenvalue weighted by Gasteiger charge is 2.43. The number of rotatable bonds is 2. The topological polar surface area (TPSA) is 37.4 Å². The number of hydrogen-bond donors (Lipinski definition) is 0. The van der Waals surface area contributed by atoms with Crippen LogP contribution in [0.15, 0.2) is 0 Å². The Labute approximate surface area is 154 Å². The van der Waals surface area contributed by atoms with E-state index in [2.05, 4.69) is 27.7 Å². The third-order valence-electron chi connectivity index (χ3n) is 6.71. The average molecular weight is 350 g/mol. The lowest BCUT2D eigenvalue weighted by Gasteiger charge is -2.43. The van der Waals surface area contributed by atoms with E-state index in [0.29, 0.717) is 17.1 Å². The van der Waals surface area contributed by atoms with E-state index in [9.17, 15) is 9.59 Å². The van der Waals surface area contributed by atoms with Gasteiger partial charge in [-0.2, -0.15) is 0 Å². The van der Waals surface area contributed by atoms with E-state index < -0.39 is 0 Å². The van der Waals surface area contributed by atoms with Gasteiger partial charge in [0.15, 0.2) is 0 Å². The third-order valence-corrected chi connectivity index (χ3v) is 6.71. The molecule has 1 aliphatic carbocycles. The molecule has 1 amide bonds. The lowest BCUT2D eigenvalue weighted by molar-refractivity contribution is -0.145. The van der Waals surface area contributed by atoms with Crippen molar-refractivity contribution in [2.45, 2.75) is 87.0 Å². The van der Waals surface area contributed by atoms with Crippen LogP contribution in [0.1, 0.15) is 87.0 Å². The molecular weight excluding hydrogens is 310 g/mol. The number of amides is 1. The number of carbonyl (C=O) groups is 2. The minimum Gasteiger partial charge on any atom is -0.342 e. The Balaban J connectivity index is 1.89. The number of piperidine rings is 1. The molecule has 1 saturated carbocycles. The second-order valence-corrected chi connectivity index (χ2v) is 10.9. The molecule has 2 aliphatic rings. The fourth-order valence-corrected chi connectivity index (χ4v) is 4.82. The van der Waals surface area contributed by atoms with Crippen molar-refractivity contribution >= 4 is 11.7 Å². The van der Waals surface area contributed by atoms with Gasteiger partial charge in [0.1, 0.15) is 5.78 Å². The molecule has 1 heterocycles. The monoisotopic (exact) mass is 349 g/mol. The Bertz CT molecular complexity index is 493. The van der Waals surface area contributed by atoms with Crippen molar-refractivity contribution < 1.29 is 9.59 Å². The highest BCUT2D eigenvalue weighted by Crippen LogP contribution is 2.42. The summed E-state index contributed by atoms with van der Waals surface area (Å²) in [6, 6.07) is 0. The highest BCUT2D eigenvalue weighted by atomic mass is 16.2. The fourth-order valence-electron chi connectivity index (χ4n) is 4.82. The van der Waals surface area contributed by atoms with Crippen molar-refractivity contribution in [3.05, 3.63) is 0 Å². The molecule has 0 spiro atoms. The lowest BCUT2D eigenvalue weighted by Crippen LogP contribution is -2.49. The van der Waals surface area contributed by atoms with Gasteiger partial charge in [0.2, 0.25) is 5.91 Å². The maximum absolute atomic E-state index is 12.9. The second kappa shape index (κ2) is 7.04. The van der Waals surface area contributed by atoms with Crippen LogP contribution in [-0.2, 0) is 9.59 Å². The van der Waals surface area contributed by atoms with Gasteiger partial charge in [-0.15, -0.1) is 0 Å². The van der Waals surface area contributed by atoms with Crippen molar-refractivity contribution in [2.75, 3.05) is 13.1 Å². The van der Waals surface area contributed by atoms with E-state index in [1.54, 1.807) is 0 Å². The van der Waals surface area contributed by atoms with E-state index in [1.165, 1.54) is 12.8 Å². The molecule has 1 saturated heterocycles. The van der Waals surface area contributed by atoms with Gasteiger partial charge in [0.05, 0.1) is 0 Å². The molecule has 0 bridgehead atoms. The van der Waals surface area contributed by atoms with Gasteiger partial charge in [-0.1, -0.05) is 48.5 Å². The third kappa shape index (κ3) is 4.65. The first-order chi connectivity index (χ1) is 11.3. The summed E-state index contributed by atoms with van der Waals surface area (Å²) in [6.45, 7) is 16.6. The van der Waals surface area contributed by atoms with Crippen LogP contribution in [0.3, 0.4) is 0 Å². The summed E-state index contributed by atoms with van der Waals surface area (Å²) in [4.78, 5) is 27.7. The predicted octanol–water partition coefficient (Wildman–Crippen LogP) is 5.08. The van der Waals surface area contributed by atoms with Crippen LogP contribution in [0.2, 0.25) is 0 Å². The van der Waals surface area contributed by atoms with E-state index in [0.717, 1.165) is 44.7 Å². The van der Waals surface area contributed by atoms with Crippen LogP contribution >= 0.6 is 0 Å². The summed E-state index contributed by atoms with van der Waals surface area (Å²) in [5.74, 6) is 1.64. The van der Waals surface area contributed by atoms with Crippen LogP contribution in [0.25, 0.3) is 0 Å². The zero-order valence-corrected chi connectivity index (χ0v) is 17.6. The molecule has 2 rings (SSSR count). The van der Waals surface area contributed by atoms with E-state index in [1.807, 2.05) is 25.7 Å². The van der Waals surface area contributed by atoms with E-state index >= 15 is 0 Å². The van der Waals surface area contributed by atoms with E-state index in [-0.39, 0.29) is 16.7 Å². The second-order valence-electron chi connectivity index (χ2n) is 10.9. The molecule has 0 atom stereocenters. The molecule has 0 aromatic heterocycles. The SMILES string of the molecule is CC(C)(C)C(=O)C1(C)CCN(C(=O)C2CCC(C(C)(C)C)CC2)CC1. The molecule has 0 aromatic carbocycles. The lowest BCUT2D eigenvalue weighted by atomic mass is 9.68. The molecule has 144 valence electrons. The van der Waals surface area contributed by atoms with Crippen LogP contribution in [0, 0.1) is 28.1 Å². The molecule has 3 nitrogen and oxygen atoms in total. The van der Waals surface area contributed by atoms with Crippen LogP contribution in [0.5, 0.6) is 0 Å². The molecular formula is C22H39NO2. The summed E-state index contributed by atoms with van der Waals surface area (Å²) >= 11 is 0. The van der Waals surface area contributed by atoms with E-state index in [4.69, 9.17) is 0 Å². The maximum atomic E-state index is 12.9. The smallest absolute Gasteiger partial charge is 0.225 e. The van der Waals surface area contributed by atoms with Crippen LogP contribution < -0.4 is 0 Å². The number of likely N-dealkylation sites (tertiary alicyclic amines) is 1. The summed E-state index contributed by atoms with van der Waals surface area (Å²) in [5.41, 5.74) is -0.209. The van der Waals surface area contributed by atoms with Crippen molar-refractivity contribution in [2.24, 2.45) is 28.1 Å². The zero-order chi connectivity index (χ0) is 19.0. The maximum Gasteiger partial charge on any atom is 0.225 e. The number of hydrogen-bond acceptors (Lipinski definition) is 2. The molecule has 1 aliphatic heterocycles. The van der Waals surface area contributed by atoms with Gasteiger partial charge in [-0.3, -0.25) is 9.59 Å². The zero-order valence-electron chi connectivity index (χ0n) is 17.6. The number of nitrogens with zero attached hydrogens (tertiary/aromatic N) is 1. The Kier molecular flexibility index (Phi) is 5.76. The van der Waals surface area contributed by atoms with Gasteiger partial charge in [0.25, 0.3) is 0 Å². The Morgan fingerprint density at radius 2 is 1.36 bits per heavy atom. The van der Waals surface area contributed by atoms with Crippen LogP contribution in [0.4, 0.5) is 0 Å². The summed E-state index contributed by atoms with van der Waals surface area (Å²) < 4.78 is 0. The van der Waals surface area contributed by atoms with Crippen molar-refractivity contribution in [1.29, 1.82) is 0 Å². The van der Waals surface area contributed by atoms with Crippen molar-refractivity contribution in [3.63, 3.8) is 0 Å². The Morgan fingerprint density at radius 1 is 0.880 bits per heavy atom. The molecule has 3 heteroatoms. The molecule has 0 aromatic rings. The quantitative estimate of drug-likeness (QED) is 0.697. The van der Waals surface area contributed by atoms with Gasteiger partial charge in [-0.05, 0) is 49.9 Å². The van der Waals surface area contributed by atoms with Gasteiger partial charge in [-0.25, -0.2) is 0 Å². The first kappa shape index (κ1) is 20.5. The van der Waals surface area contributed by atoms with Gasteiger partial charge in [0, 0.05) is 29.8 Å². The normalized spacial score (nSPS) is 27.9. The van der Waals surface area contributed by atoms with Crippen LogP contribution in [-0.4, -0.2) is 29.7 Å².